The Kier molecular flexibility index (Phi) is 5.53. The molecule has 0 spiro atoms. The molecule has 2 heterocycles. The van der Waals surface area contributed by atoms with E-state index < -0.39 is 0 Å². The van der Waals surface area contributed by atoms with Crippen molar-refractivity contribution in [1.29, 1.82) is 0 Å². The molecule has 3 heteroatoms. The van der Waals surface area contributed by atoms with Crippen LogP contribution in [0.4, 0.5) is 0 Å². The predicted molar refractivity (Wildman–Crippen MR) is 167 cm³/mol. The van der Waals surface area contributed by atoms with Gasteiger partial charge in [-0.05, 0) is 74.8 Å². The fourth-order valence-electron chi connectivity index (χ4n) is 6.01. The summed E-state index contributed by atoms with van der Waals surface area (Å²) in [5, 5.41) is 0. The molecule has 1 aromatic heterocycles. The first-order valence-electron chi connectivity index (χ1n) is 13.9. The third kappa shape index (κ3) is 4.02. The van der Waals surface area contributed by atoms with Crippen molar-refractivity contribution in [2.45, 2.75) is 6.61 Å². The maximum Gasteiger partial charge on any atom is 0.152 e. The summed E-state index contributed by atoms with van der Waals surface area (Å²) in [5.74, 6) is 1.80. The lowest BCUT2D eigenvalue weighted by atomic mass is 9.86. The van der Waals surface area contributed by atoms with E-state index in [-0.39, 0.29) is 0 Å². The number of hydrogen-bond donors (Lipinski definition) is 0. The van der Waals surface area contributed by atoms with Crippen molar-refractivity contribution in [2.75, 3.05) is 0 Å². The van der Waals surface area contributed by atoms with E-state index in [9.17, 15) is 0 Å². The van der Waals surface area contributed by atoms with Gasteiger partial charge >= 0.3 is 0 Å². The van der Waals surface area contributed by atoms with Crippen LogP contribution in [-0.2, 0) is 6.61 Å². The number of hydrogen-bond acceptors (Lipinski definition) is 2. The van der Waals surface area contributed by atoms with Gasteiger partial charge in [0.15, 0.2) is 5.82 Å². The Labute approximate surface area is 239 Å². The van der Waals surface area contributed by atoms with E-state index in [2.05, 4.69) is 144 Å². The summed E-state index contributed by atoms with van der Waals surface area (Å²) in [6, 6.07) is 51.6. The number of benzene rings is 6. The minimum atomic E-state index is 0.467. The van der Waals surface area contributed by atoms with E-state index in [0.29, 0.717) is 6.61 Å². The van der Waals surface area contributed by atoms with Gasteiger partial charge in [0.1, 0.15) is 12.4 Å². The lowest BCUT2D eigenvalue weighted by Crippen LogP contribution is -2.13. The lowest BCUT2D eigenvalue weighted by Gasteiger charge is -2.21. The Morgan fingerprint density at radius 2 is 1.12 bits per heavy atom. The van der Waals surface area contributed by atoms with E-state index in [4.69, 9.17) is 9.72 Å². The molecule has 3 nitrogen and oxygen atoms in total. The molecule has 0 saturated heterocycles. The van der Waals surface area contributed by atoms with Crippen molar-refractivity contribution in [3.8, 4) is 55.9 Å². The molecular weight excluding hydrogens is 500 g/mol. The smallest absolute Gasteiger partial charge is 0.152 e. The summed E-state index contributed by atoms with van der Waals surface area (Å²) in [7, 11) is 0. The Bertz CT molecular complexity index is 1980. The van der Waals surface area contributed by atoms with Gasteiger partial charge in [-0.25, -0.2) is 4.98 Å². The molecule has 0 amide bonds. The monoisotopic (exact) mass is 526 g/mol. The summed E-state index contributed by atoms with van der Waals surface area (Å²) in [6.07, 6.45) is 0. The van der Waals surface area contributed by atoms with E-state index in [0.717, 1.165) is 39.4 Å². The normalized spacial score (nSPS) is 12.0. The second kappa shape index (κ2) is 9.65. The van der Waals surface area contributed by atoms with Crippen LogP contribution >= 0.6 is 0 Å². The maximum atomic E-state index is 6.11. The number of rotatable bonds is 4. The molecule has 41 heavy (non-hydrogen) atoms. The fraction of sp³-hybridized carbons (Fsp3) is 0.0263. The van der Waals surface area contributed by atoms with Crippen molar-refractivity contribution >= 4 is 11.0 Å². The van der Waals surface area contributed by atoms with E-state index in [1.54, 1.807) is 0 Å². The molecule has 0 saturated carbocycles. The first-order valence-corrected chi connectivity index (χ1v) is 13.9. The summed E-state index contributed by atoms with van der Waals surface area (Å²) < 4.78 is 8.35. The number of ether oxygens (including phenoxy) is 1. The van der Waals surface area contributed by atoms with Gasteiger partial charge in [0.2, 0.25) is 0 Å². The average Bonchev–Trinajstić information content (AvgIpc) is 3.44. The van der Waals surface area contributed by atoms with Crippen LogP contribution in [0, 0.1) is 0 Å². The minimum absolute atomic E-state index is 0.467. The van der Waals surface area contributed by atoms with Crippen molar-refractivity contribution in [3.05, 3.63) is 151 Å². The third-order valence-corrected chi connectivity index (χ3v) is 7.91. The van der Waals surface area contributed by atoms with E-state index in [1.165, 1.54) is 33.4 Å². The third-order valence-electron chi connectivity index (χ3n) is 7.91. The van der Waals surface area contributed by atoms with Crippen LogP contribution in [0.15, 0.2) is 146 Å². The Balaban J connectivity index is 1.30. The van der Waals surface area contributed by atoms with Crippen LogP contribution in [0.5, 0.6) is 5.75 Å². The Hall–Kier alpha value is -5.41. The van der Waals surface area contributed by atoms with Crippen LogP contribution in [-0.4, -0.2) is 9.55 Å². The maximum absolute atomic E-state index is 6.11. The molecular formula is C38H26N2O. The molecule has 0 N–H and O–H groups in total. The molecule has 1 aliphatic heterocycles. The molecule has 6 aromatic carbocycles. The second-order valence-corrected chi connectivity index (χ2v) is 10.4. The van der Waals surface area contributed by atoms with E-state index in [1.807, 2.05) is 6.07 Å². The summed E-state index contributed by atoms with van der Waals surface area (Å²) >= 11 is 0. The molecule has 0 aliphatic carbocycles. The zero-order valence-corrected chi connectivity index (χ0v) is 22.4. The van der Waals surface area contributed by atoms with Gasteiger partial charge in [-0.3, -0.25) is 4.57 Å². The number of fused-ring (bicyclic) bond motifs is 5. The van der Waals surface area contributed by atoms with Crippen LogP contribution in [0.3, 0.4) is 0 Å². The van der Waals surface area contributed by atoms with Gasteiger partial charge in [0.05, 0.1) is 16.7 Å². The predicted octanol–water partition coefficient (Wildman–Crippen LogP) is 9.59. The fourth-order valence-corrected chi connectivity index (χ4v) is 6.01. The first kappa shape index (κ1) is 23.5. The highest BCUT2D eigenvalue weighted by molar-refractivity contribution is 5.95. The lowest BCUT2D eigenvalue weighted by molar-refractivity contribution is 0.281. The number of aromatic nitrogens is 2. The van der Waals surface area contributed by atoms with Crippen molar-refractivity contribution in [3.63, 3.8) is 0 Å². The van der Waals surface area contributed by atoms with Crippen LogP contribution in [0.1, 0.15) is 5.82 Å². The van der Waals surface area contributed by atoms with Crippen LogP contribution in [0.2, 0.25) is 0 Å². The van der Waals surface area contributed by atoms with Crippen molar-refractivity contribution < 1.29 is 4.74 Å². The van der Waals surface area contributed by atoms with Crippen LogP contribution < -0.4 is 4.74 Å². The Morgan fingerprint density at radius 3 is 1.88 bits per heavy atom. The average molecular weight is 527 g/mol. The molecule has 8 rings (SSSR count). The largest absolute Gasteiger partial charge is 0.483 e. The summed E-state index contributed by atoms with van der Waals surface area (Å²) in [4.78, 5) is 4.82. The first-order chi connectivity index (χ1) is 20.3. The highest BCUT2D eigenvalue weighted by Crippen LogP contribution is 2.42. The quantitative estimate of drug-likeness (QED) is 0.228. The van der Waals surface area contributed by atoms with Crippen molar-refractivity contribution in [1.82, 2.24) is 9.55 Å². The molecule has 7 aromatic rings. The van der Waals surface area contributed by atoms with Gasteiger partial charge in [0.25, 0.3) is 0 Å². The number of nitrogens with zero attached hydrogens (tertiary/aromatic N) is 2. The Morgan fingerprint density at radius 1 is 0.512 bits per heavy atom. The topological polar surface area (TPSA) is 27.1 Å². The van der Waals surface area contributed by atoms with Gasteiger partial charge in [-0.2, -0.15) is 0 Å². The summed E-state index contributed by atoms with van der Waals surface area (Å²) in [6.45, 7) is 0.467. The number of para-hydroxylation sites is 2. The number of imidazole rings is 1. The molecule has 0 unspecified atom stereocenters. The zero-order valence-electron chi connectivity index (χ0n) is 22.4. The second-order valence-electron chi connectivity index (χ2n) is 10.4. The van der Waals surface area contributed by atoms with E-state index >= 15 is 0 Å². The molecule has 1 aliphatic rings. The van der Waals surface area contributed by atoms with Crippen LogP contribution in [0.25, 0.3) is 61.2 Å². The standard InChI is InChI=1S/C38H26N2O/c1-3-11-26(12-4-1)31-17-10-18-32(27-13-5-2-6-14-27)38(31)30-16-9-15-28(23-30)29-21-22-36-35(24-29)40-34-20-8-7-19-33(34)39-37(40)25-41-36/h1-24H,25H2. The highest BCUT2D eigenvalue weighted by atomic mass is 16.5. The molecule has 0 radical (unpaired) electrons. The molecule has 0 fully saturated rings. The van der Waals surface area contributed by atoms with Gasteiger partial charge in [0, 0.05) is 0 Å². The summed E-state index contributed by atoms with van der Waals surface area (Å²) in [5.41, 5.74) is 12.7. The highest BCUT2D eigenvalue weighted by Gasteiger charge is 2.22. The van der Waals surface area contributed by atoms with Gasteiger partial charge in [-0.15, -0.1) is 0 Å². The van der Waals surface area contributed by atoms with Gasteiger partial charge in [-0.1, -0.05) is 115 Å². The van der Waals surface area contributed by atoms with Gasteiger partial charge < -0.3 is 4.74 Å². The molecule has 0 atom stereocenters. The minimum Gasteiger partial charge on any atom is -0.483 e. The molecule has 0 bridgehead atoms. The SMILES string of the molecule is c1ccc(-c2cccc(-c3ccccc3)c2-c2cccc(-c3ccc4c(c3)-n3c(nc5ccccc53)CO4)c2)cc1. The zero-order chi connectivity index (χ0) is 27.2. The van der Waals surface area contributed by atoms with Crippen molar-refractivity contribution in [2.24, 2.45) is 0 Å². The molecule has 194 valence electrons.